The predicted octanol–water partition coefficient (Wildman–Crippen LogP) is 18.2. The molecule has 0 heterocycles. The van der Waals surface area contributed by atoms with Gasteiger partial charge in [-0.1, -0.05) is 126 Å². The van der Waals surface area contributed by atoms with Crippen molar-refractivity contribution in [1.82, 2.24) is 0 Å². The van der Waals surface area contributed by atoms with Crippen LogP contribution in [0.5, 0.6) is 0 Å². The fourth-order valence-corrected chi connectivity index (χ4v) is 9.38. The number of hydrogen-bond donors (Lipinski definition) is 2. The lowest BCUT2D eigenvalue weighted by molar-refractivity contribution is 1.17. The quantitative estimate of drug-likeness (QED) is 0.128. The van der Waals surface area contributed by atoms with Crippen LogP contribution >= 0.6 is 0 Å². The van der Waals surface area contributed by atoms with Gasteiger partial charge < -0.3 is 20.4 Å². The summed E-state index contributed by atoms with van der Waals surface area (Å²) in [4.78, 5) is 4.88. The van der Waals surface area contributed by atoms with Crippen LogP contribution in [-0.4, -0.2) is 0 Å². The summed E-state index contributed by atoms with van der Waals surface area (Å²) in [5.41, 5.74) is 26.6. The van der Waals surface area contributed by atoms with Gasteiger partial charge in [0, 0.05) is 68.0 Å². The van der Waals surface area contributed by atoms with Gasteiger partial charge in [-0.25, -0.2) is 0 Å². The SMILES string of the molecule is Cc1cccc(-c2ccccc2Nc2cc(C)c(N(c3cc(C)c(Nc4ccccc4-c4cccc(C)c4)cc3C)c3cc(C)c(N(c4ccccc4)c4cccc(C)c4)cc3C)cc2C)c1. The van der Waals surface area contributed by atoms with Gasteiger partial charge in [-0.15, -0.1) is 0 Å². The minimum atomic E-state index is 1.08. The Morgan fingerprint density at radius 2 is 0.642 bits per heavy atom. The Labute approximate surface area is 398 Å². The molecule has 0 unspecified atom stereocenters. The van der Waals surface area contributed by atoms with Crippen molar-refractivity contribution in [3.8, 4) is 22.3 Å². The zero-order valence-electron chi connectivity index (χ0n) is 40.3. The Kier molecular flexibility index (Phi) is 12.6. The Hall–Kier alpha value is -7.82. The van der Waals surface area contributed by atoms with Gasteiger partial charge in [-0.2, -0.15) is 0 Å². The second-order valence-corrected chi connectivity index (χ2v) is 18.3. The van der Waals surface area contributed by atoms with Crippen LogP contribution in [0.25, 0.3) is 22.3 Å². The van der Waals surface area contributed by atoms with Gasteiger partial charge in [0.1, 0.15) is 0 Å². The molecule has 0 atom stereocenters. The molecule has 0 aliphatic carbocycles. The smallest absolute Gasteiger partial charge is 0.0495 e. The van der Waals surface area contributed by atoms with E-state index in [1.807, 2.05) is 0 Å². The number of nitrogens with one attached hydrogen (secondary N) is 2. The summed E-state index contributed by atoms with van der Waals surface area (Å²) in [6.07, 6.45) is 0. The first-order chi connectivity index (χ1) is 32.4. The lowest BCUT2D eigenvalue weighted by Gasteiger charge is -2.33. The number of anilines is 10. The summed E-state index contributed by atoms with van der Waals surface area (Å²) in [5, 5.41) is 7.72. The Morgan fingerprint density at radius 3 is 1.10 bits per heavy atom. The van der Waals surface area contributed by atoms with Crippen LogP contribution in [0.4, 0.5) is 56.9 Å². The summed E-state index contributed by atoms with van der Waals surface area (Å²) < 4.78 is 0. The molecule has 332 valence electrons. The van der Waals surface area contributed by atoms with Crippen molar-refractivity contribution < 1.29 is 0 Å². The number of aryl methyl sites for hydroxylation is 9. The molecule has 0 bridgehead atoms. The third kappa shape index (κ3) is 9.34. The van der Waals surface area contributed by atoms with Crippen LogP contribution in [-0.2, 0) is 0 Å². The van der Waals surface area contributed by atoms with Crippen molar-refractivity contribution in [3.63, 3.8) is 0 Å². The molecule has 9 aromatic carbocycles. The molecule has 67 heavy (non-hydrogen) atoms. The number of para-hydroxylation sites is 3. The predicted molar refractivity (Wildman–Crippen MR) is 289 cm³/mol. The van der Waals surface area contributed by atoms with Crippen LogP contribution in [0.1, 0.15) is 50.1 Å². The summed E-state index contributed by atoms with van der Waals surface area (Å²) in [5.74, 6) is 0. The number of rotatable bonds is 12. The van der Waals surface area contributed by atoms with E-state index in [9.17, 15) is 0 Å². The van der Waals surface area contributed by atoms with Crippen LogP contribution < -0.4 is 20.4 Å². The second kappa shape index (κ2) is 19.0. The van der Waals surface area contributed by atoms with E-state index in [0.717, 1.165) is 68.0 Å². The van der Waals surface area contributed by atoms with Gasteiger partial charge in [0.15, 0.2) is 0 Å². The Morgan fingerprint density at radius 1 is 0.269 bits per heavy atom. The lowest BCUT2D eigenvalue weighted by Crippen LogP contribution is -2.17. The lowest BCUT2D eigenvalue weighted by atomic mass is 9.98. The first kappa shape index (κ1) is 44.4. The molecule has 0 saturated carbocycles. The molecular weight excluding hydrogens is 813 g/mol. The first-order valence-corrected chi connectivity index (χ1v) is 23.3. The molecule has 4 nitrogen and oxygen atoms in total. The van der Waals surface area contributed by atoms with Crippen LogP contribution in [0.15, 0.2) is 188 Å². The monoisotopic (exact) mass is 872 g/mol. The largest absolute Gasteiger partial charge is 0.355 e. The van der Waals surface area contributed by atoms with E-state index in [1.165, 1.54) is 61.2 Å². The number of benzene rings is 9. The van der Waals surface area contributed by atoms with Crippen molar-refractivity contribution in [2.45, 2.75) is 62.3 Å². The molecular formula is C63H60N4. The maximum Gasteiger partial charge on any atom is 0.0495 e. The standard InChI is InChI=1S/C63H60N4/c1-41-20-17-23-50(32-41)54-28-13-15-30-56(54)64-58-35-46(6)61(37-44(58)4)67(62-38-45(5)59(36-47(62)7)65-57-31-16-14-29-55(57)51-24-18-21-42(2)33-51)63-40-48(8)60(39-49(63)9)66(52-25-11-10-12-26-52)53-27-19-22-43(3)34-53/h10-40,64-65H,1-9H3. The van der Waals surface area contributed by atoms with E-state index in [0.29, 0.717) is 0 Å². The zero-order valence-corrected chi connectivity index (χ0v) is 40.3. The topological polar surface area (TPSA) is 30.5 Å². The molecule has 2 N–H and O–H groups in total. The van der Waals surface area contributed by atoms with Crippen LogP contribution in [0, 0.1) is 62.3 Å². The Balaban J connectivity index is 1.17. The van der Waals surface area contributed by atoms with E-state index in [1.54, 1.807) is 0 Å². The third-order valence-electron chi connectivity index (χ3n) is 12.9. The van der Waals surface area contributed by atoms with Gasteiger partial charge in [-0.05, 0) is 185 Å². The van der Waals surface area contributed by atoms with Gasteiger partial charge in [0.05, 0.1) is 0 Å². The average molecular weight is 873 g/mol. The van der Waals surface area contributed by atoms with Crippen LogP contribution in [0.2, 0.25) is 0 Å². The highest BCUT2D eigenvalue weighted by molar-refractivity contribution is 5.90. The molecule has 0 aromatic heterocycles. The third-order valence-corrected chi connectivity index (χ3v) is 12.9. The van der Waals surface area contributed by atoms with Gasteiger partial charge in [-0.3, -0.25) is 0 Å². The zero-order chi connectivity index (χ0) is 46.8. The fourth-order valence-electron chi connectivity index (χ4n) is 9.38. The van der Waals surface area contributed by atoms with Crippen molar-refractivity contribution in [3.05, 3.63) is 238 Å². The summed E-state index contributed by atoms with van der Waals surface area (Å²) in [7, 11) is 0. The summed E-state index contributed by atoms with van der Waals surface area (Å²) >= 11 is 0. The number of nitrogens with zero attached hydrogens (tertiary/aromatic N) is 2. The van der Waals surface area contributed by atoms with E-state index in [-0.39, 0.29) is 0 Å². The highest BCUT2D eigenvalue weighted by Gasteiger charge is 2.24. The molecule has 9 rings (SSSR count). The van der Waals surface area contributed by atoms with E-state index in [2.05, 4.69) is 271 Å². The molecule has 0 saturated heterocycles. The highest BCUT2D eigenvalue weighted by atomic mass is 15.2. The minimum Gasteiger partial charge on any atom is -0.355 e. The maximum atomic E-state index is 3.86. The molecule has 0 amide bonds. The first-order valence-electron chi connectivity index (χ1n) is 23.3. The number of hydrogen-bond acceptors (Lipinski definition) is 4. The van der Waals surface area contributed by atoms with Crippen molar-refractivity contribution in [2.75, 3.05) is 20.4 Å². The van der Waals surface area contributed by atoms with E-state index in [4.69, 9.17) is 0 Å². The summed E-state index contributed by atoms with van der Waals surface area (Å²) in [6.45, 7) is 19.9. The van der Waals surface area contributed by atoms with Crippen molar-refractivity contribution in [2.24, 2.45) is 0 Å². The normalized spacial score (nSPS) is 11.1. The average Bonchev–Trinajstić information content (AvgIpc) is 3.31. The fraction of sp³-hybridized carbons (Fsp3) is 0.143. The molecule has 0 spiro atoms. The van der Waals surface area contributed by atoms with Crippen molar-refractivity contribution in [1.29, 1.82) is 0 Å². The molecule has 0 aliphatic heterocycles. The summed E-state index contributed by atoms with van der Waals surface area (Å²) in [6, 6.07) is 68.2. The van der Waals surface area contributed by atoms with E-state index >= 15 is 0 Å². The minimum absolute atomic E-state index is 1.08. The van der Waals surface area contributed by atoms with Gasteiger partial charge >= 0.3 is 0 Å². The van der Waals surface area contributed by atoms with Gasteiger partial charge in [0.2, 0.25) is 0 Å². The second-order valence-electron chi connectivity index (χ2n) is 18.3. The van der Waals surface area contributed by atoms with Crippen LogP contribution in [0.3, 0.4) is 0 Å². The molecule has 0 radical (unpaired) electrons. The molecule has 9 aromatic rings. The molecule has 4 heteroatoms. The van der Waals surface area contributed by atoms with Crippen molar-refractivity contribution >= 4 is 56.9 Å². The molecule has 0 aliphatic rings. The van der Waals surface area contributed by atoms with Gasteiger partial charge in [0.25, 0.3) is 0 Å². The molecule has 0 fully saturated rings. The highest BCUT2D eigenvalue weighted by Crippen LogP contribution is 2.47. The Bertz CT molecular complexity index is 3110. The maximum absolute atomic E-state index is 3.86. The van der Waals surface area contributed by atoms with E-state index < -0.39 is 0 Å².